The minimum atomic E-state index is -3.35. The maximum atomic E-state index is 11.6. The minimum absolute atomic E-state index is 0.0722. The highest BCUT2D eigenvalue weighted by molar-refractivity contribution is 7.93. The molecule has 94 valence electrons. The summed E-state index contributed by atoms with van der Waals surface area (Å²) in [5.41, 5.74) is 1.07. The van der Waals surface area contributed by atoms with E-state index in [4.69, 9.17) is 5.11 Å². The number of nitrogens with one attached hydrogen (secondary N) is 1. The molecule has 0 amide bonds. The van der Waals surface area contributed by atoms with Gasteiger partial charge in [0.1, 0.15) is 0 Å². The second kappa shape index (κ2) is 5.18. The van der Waals surface area contributed by atoms with Gasteiger partial charge in [-0.2, -0.15) is 0 Å². The predicted molar refractivity (Wildman–Crippen MR) is 65.5 cm³/mol. The van der Waals surface area contributed by atoms with E-state index < -0.39 is 21.2 Å². The highest BCUT2D eigenvalue weighted by Crippen LogP contribution is 2.13. The van der Waals surface area contributed by atoms with E-state index in [2.05, 4.69) is 4.72 Å². The Morgan fingerprint density at radius 1 is 1.29 bits per heavy atom. The van der Waals surface area contributed by atoms with Crippen molar-refractivity contribution in [3.05, 3.63) is 29.8 Å². The van der Waals surface area contributed by atoms with Crippen molar-refractivity contribution in [1.29, 1.82) is 0 Å². The van der Waals surface area contributed by atoms with Gasteiger partial charge in [-0.15, -0.1) is 0 Å². The van der Waals surface area contributed by atoms with Crippen LogP contribution in [0, 0.1) is 0 Å². The zero-order valence-corrected chi connectivity index (χ0v) is 10.5. The third kappa shape index (κ3) is 4.07. The first kappa shape index (κ1) is 13.5. The van der Waals surface area contributed by atoms with Gasteiger partial charge in [-0.25, -0.2) is 8.42 Å². The Labute approximate surface area is 101 Å². The lowest BCUT2D eigenvalue weighted by Crippen LogP contribution is -2.22. The van der Waals surface area contributed by atoms with E-state index >= 15 is 0 Å². The molecule has 1 aromatic rings. The molecule has 0 atom stereocenters. The van der Waals surface area contributed by atoms with Crippen molar-refractivity contribution in [2.75, 3.05) is 4.72 Å². The van der Waals surface area contributed by atoms with E-state index in [1.807, 2.05) is 0 Å². The molecule has 6 heteroatoms. The average Bonchev–Trinajstić information content (AvgIpc) is 2.19. The summed E-state index contributed by atoms with van der Waals surface area (Å²) in [5.74, 6) is -0.916. The van der Waals surface area contributed by atoms with E-state index in [0.717, 1.165) is 0 Å². The molecule has 0 saturated carbocycles. The third-order valence-electron chi connectivity index (χ3n) is 2.19. The van der Waals surface area contributed by atoms with Crippen molar-refractivity contribution < 1.29 is 18.3 Å². The molecule has 0 aliphatic carbocycles. The second-order valence-electron chi connectivity index (χ2n) is 3.96. The van der Waals surface area contributed by atoms with Crippen molar-refractivity contribution in [2.24, 2.45) is 0 Å². The molecule has 0 radical (unpaired) electrons. The molecule has 0 spiro atoms. The number of hydrogen-bond donors (Lipinski definition) is 2. The fourth-order valence-electron chi connectivity index (χ4n) is 1.15. The van der Waals surface area contributed by atoms with Crippen LogP contribution in [0.3, 0.4) is 0 Å². The van der Waals surface area contributed by atoms with Gasteiger partial charge in [-0.05, 0) is 31.5 Å². The first-order valence-electron chi connectivity index (χ1n) is 5.13. The summed E-state index contributed by atoms with van der Waals surface area (Å²) in [6.07, 6.45) is -0.0722. The number of carboxylic acids is 1. The summed E-state index contributed by atoms with van der Waals surface area (Å²) >= 11 is 0. The lowest BCUT2D eigenvalue weighted by Gasteiger charge is -2.10. The van der Waals surface area contributed by atoms with Crippen LogP contribution in [0.2, 0.25) is 0 Å². The summed E-state index contributed by atoms with van der Waals surface area (Å²) in [5, 5.41) is 8.07. The van der Waals surface area contributed by atoms with Gasteiger partial charge in [0.2, 0.25) is 10.0 Å². The van der Waals surface area contributed by atoms with Crippen LogP contribution in [0.5, 0.6) is 0 Å². The summed E-state index contributed by atoms with van der Waals surface area (Å²) in [6, 6.07) is 6.29. The Morgan fingerprint density at radius 2 is 1.82 bits per heavy atom. The fourth-order valence-corrected chi connectivity index (χ4v) is 1.85. The number of anilines is 1. The quantitative estimate of drug-likeness (QED) is 0.836. The highest BCUT2D eigenvalue weighted by atomic mass is 32.2. The molecule has 1 rings (SSSR count). The summed E-state index contributed by atoms with van der Waals surface area (Å²) in [4.78, 5) is 10.5. The largest absolute Gasteiger partial charge is 0.481 e. The van der Waals surface area contributed by atoms with Crippen molar-refractivity contribution in [3.8, 4) is 0 Å². The average molecular weight is 257 g/mol. The van der Waals surface area contributed by atoms with Gasteiger partial charge in [0, 0.05) is 5.69 Å². The van der Waals surface area contributed by atoms with Crippen molar-refractivity contribution >= 4 is 21.7 Å². The summed E-state index contributed by atoms with van der Waals surface area (Å²) in [7, 11) is -3.35. The van der Waals surface area contributed by atoms with E-state index in [1.54, 1.807) is 38.1 Å². The fraction of sp³-hybridized carbons (Fsp3) is 0.364. The molecule has 2 N–H and O–H groups in total. The van der Waals surface area contributed by atoms with Gasteiger partial charge in [0.05, 0.1) is 11.7 Å². The van der Waals surface area contributed by atoms with Crippen LogP contribution in [0.25, 0.3) is 0 Å². The monoisotopic (exact) mass is 257 g/mol. The van der Waals surface area contributed by atoms with Gasteiger partial charge in [0.25, 0.3) is 0 Å². The van der Waals surface area contributed by atoms with Gasteiger partial charge in [-0.1, -0.05) is 12.1 Å². The van der Waals surface area contributed by atoms with Gasteiger partial charge >= 0.3 is 5.97 Å². The Bertz CT molecular complexity index is 491. The smallest absolute Gasteiger partial charge is 0.307 e. The van der Waals surface area contributed by atoms with Crippen molar-refractivity contribution in [3.63, 3.8) is 0 Å². The second-order valence-corrected chi connectivity index (χ2v) is 6.20. The maximum Gasteiger partial charge on any atom is 0.307 e. The third-order valence-corrected chi connectivity index (χ3v) is 3.95. The van der Waals surface area contributed by atoms with Gasteiger partial charge in [-0.3, -0.25) is 9.52 Å². The first-order valence-corrected chi connectivity index (χ1v) is 6.68. The first-order chi connectivity index (χ1) is 7.81. The molecule has 0 heterocycles. The topological polar surface area (TPSA) is 83.5 Å². The molecule has 0 unspecified atom stereocenters. The molecule has 0 aliphatic heterocycles. The van der Waals surface area contributed by atoms with E-state index in [1.165, 1.54) is 0 Å². The number of carboxylic acid groups (broad SMARTS) is 1. The van der Waals surface area contributed by atoms with E-state index in [-0.39, 0.29) is 6.42 Å². The number of aliphatic carboxylic acids is 1. The SMILES string of the molecule is CC(C)S(=O)(=O)Nc1ccc(CC(=O)O)cc1. The number of rotatable bonds is 5. The van der Waals surface area contributed by atoms with Crippen LogP contribution in [-0.2, 0) is 21.2 Å². The highest BCUT2D eigenvalue weighted by Gasteiger charge is 2.15. The number of sulfonamides is 1. The summed E-state index contributed by atoms with van der Waals surface area (Å²) < 4.78 is 25.5. The molecule has 0 aliphatic rings. The van der Waals surface area contributed by atoms with Gasteiger partial charge < -0.3 is 5.11 Å². The van der Waals surface area contributed by atoms with Crippen molar-refractivity contribution in [2.45, 2.75) is 25.5 Å². The molecule has 0 aromatic heterocycles. The van der Waals surface area contributed by atoms with Gasteiger partial charge in [0.15, 0.2) is 0 Å². The van der Waals surface area contributed by atoms with E-state index in [9.17, 15) is 13.2 Å². The standard InChI is InChI=1S/C11H15NO4S/c1-8(2)17(15,16)12-10-5-3-9(4-6-10)7-11(13)14/h3-6,8,12H,7H2,1-2H3,(H,13,14). The maximum absolute atomic E-state index is 11.6. The number of hydrogen-bond acceptors (Lipinski definition) is 3. The van der Waals surface area contributed by atoms with Crippen LogP contribution in [0.4, 0.5) is 5.69 Å². The van der Waals surface area contributed by atoms with Crippen molar-refractivity contribution in [1.82, 2.24) is 0 Å². The minimum Gasteiger partial charge on any atom is -0.481 e. The van der Waals surface area contributed by atoms with Crippen LogP contribution in [0.15, 0.2) is 24.3 Å². The number of carbonyl (C=O) groups is 1. The van der Waals surface area contributed by atoms with Crippen LogP contribution in [0.1, 0.15) is 19.4 Å². The molecule has 0 fully saturated rings. The lowest BCUT2D eigenvalue weighted by atomic mass is 10.1. The van der Waals surface area contributed by atoms with E-state index in [0.29, 0.717) is 11.3 Å². The molecule has 0 bridgehead atoms. The molecular weight excluding hydrogens is 242 g/mol. The molecule has 5 nitrogen and oxygen atoms in total. The zero-order chi connectivity index (χ0) is 13.1. The lowest BCUT2D eigenvalue weighted by molar-refractivity contribution is -0.136. The summed E-state index contributed by atoms with van der Waals surface area (Å²) in [6.45, 7) is 3.17. The molecule has 0 saturated heterocycles. The Balaban J connectivity index is 2.79. The Hall–Kier alpha value is -1.56. The normalized spacial score (nSPS) is 11.5. The number of benzene rings is 1. The van der Waals surface area contributed by atoms with Crippen LogP contribution in [-0.4, -0.2) is 24.7 Å². The Morgan fingerprint density at radius 3 is 2.24 bits per heavy atom. The van der Waals surface area contributed by atoms with Crippen LogP contribution >= 0.6 is 0 Å². The zero-order valence-electron chi connectivity index (χ0n) is 9.67. The molecule has 1 aromatic carbocycles. The molecular formula is C11H15NO4S. The van der Waals surface area contributed by atoms with Crippen LogP contribution < -0.4 is 4.72 Å². The molecule has 17 heavy (non-hydrogen) atoms. The predicted octanol–water partition coefficient (Wildman–Crippen LogP) is 1.46. The Kier molecular flexibility index (Phi) is 4.11.